The number of hydrogen-bond donors (Lipinski definition) is 1. The number of oxime groups is 1. The van der Waals surface area contributed by atoms with Crippen LogP contribution in [-0.2, 0) is 0 Å². The Morgan fingerprint density at radius 1 is 1.13 bits per heavy atom. The Balaban J connectivity index is 2.02. The second-order valence-electron chi connectivity index (χ2n) is 4.92. The second kappa shape index (κ2) is 6.79. The number of aromatic nitrogens is 2. The molecule has 0 aliphatic heterocycles. The smallest absolute Gasteiger partial charge is 0.119 e. The van der Waals surface area contributed by atoms with E-state index >= 15 is 0 Å². The van der Waals surface area contributed by atoms with Crippen molar-refractivity contribution in [1.82, 2.24) is 9.78 Å². The highest BCUT2D eigenvalue weighted by Crippen LogP contribution is 2.25. The maximum absolute atomic E-state index is 8.90. The van der Waals surface area contributed by atoms with Gasteiger partial charge in [0.25, 0.3) is 0 Å². The van der Waals surface area contributed by atoms with Crippen molar-refractivity contribution in [3.8, 4) is 22.7 Å². The predicted molar refractivity (Wildman–Crippen MR) is 89.5 cm³/mol. The molecule has 0 bridgehead atoms. The third-order valence-electron chi connectivity index (χ3n) is 3.40. The van der Waals surface area contributed by atoms with Crippen molar-refractivity contribution in [2.24, 2.45) is 5.16 Å². The van der Waals surface area contributed by atoms with E-state index in [2.05, 4.69) is 10.3 Å². The molecule has 0 radical (unpaired) electrons. The van der Waals surface area contributed by atoms with E-state index in [1.165, 1.54) is 6.21 Å². The first-order valence-electron chi connectivity index (χ1n) is 7.37. The number of ether oxygens (including phenoxy) is 1. The maximum atomic E-state index is 8.90. The zero-order valence-electron chi connectivity index (χ0n) is 12.8. The first-order valence-corrected chi connectivity index (χ1v) is 7.37. The molecule has 2 aromatic carbocycles. The van der Waals surface area contributed by atoms with Crippen LogP contribution in [0.25, 0.3) is 16.9 Å². The van der Waals surface area contributed by atoms with Crippen LogP contribution in [0.3, 0.4) is 0 Å². The molecule has 1 N–H and O–H groups in total. The van der Waals surface area contributed by atoms with E-state index in [-0.39, 0.29) is 0 Å². The third-order valence-corrected chi connectivity index (χ3v) is 3.40. The van der Waals surface area contributed by atoms with E-state index in [0.717, 1.165) is 28.3 Å². The second-order valence-corrected chi connectivity index (χ2v) is 4.92. The van der Waals surface area contributed by atoms with Gasteiger partial charge in [0.1, 0.15) is 11.4 Å². The fourth-order valence-electron chi connectivity index (χ4n) is 2.36. The van der Waals surface area contributed by atoms with Crippen LogP contribution in [0.15, 0.2) is 65.9 Å². The van der Waals surface area contributed by atoms with Crippen LogP contribution >= 0.6 is 0 Å². The molecule has 1 aromatic heterocycles. The lowest BCUT2D eigenvalue weighted by atomic mass is 10.1. The zero-order chi connectivity index (χ0) is 16.1. The van der Waals surface area contributed by atoms with Crippen LogP contribution in [-0.4, -0.2) is 27.8 Å². The van der Waals surface area contributed by atoms with Gasteiger partial charge < -0.3 is 9.94 Å². The molecule has 0 aliphatic carbocycles. The number of benzene rings is 2. The number of para-hydroxylation sites is 1. The van der Waals surface area contributed by atoms with Crippen LogP contribution in [0.5, 0.6) is 5.75 Å². The van der Waals surface area contributed by atoms with Gasteiger partial charge in [-0.15, -0.1) is 0 Å². The normalized spacial score (nSPS) is 11.0. The van der Waals surface area contributed by atoms with E-state index in [4.69, 9.17) is 9.94 Å². The van der Waals surface area contributed by atoms with Gasteiger partial charge in [-0.05, 0) is 43.3 Å². The van der Waals surface area contributed by atoms with E-state index in [1.54, 1.807) is 4.68 Å². The lowest BCUT2D eigenvalue weighted by Gasteiger charge is -2.04. The van der Waals surface area contributed by atoms with Gasteiger partial charge in [0.2, 0.25) is 0 Å². The Morgan fingerprint density at radius 3 is 2.52 bits per heavy atom. The van der Waals surface area contributed by atoms with Gasteiger partial charge in [-0.2, -0.15) is 5.10 Å². The van der Waals surface area contributed by atoms with E-state index in [9.17, 15) is 0 Å². The Hall–Kier alpha value is -3.08. The summed E-state index contributed by atoms with van der Waals surface area (Å²) in [5, 5.41) is 16.7. The summed E-state index contributed by atoms with van der Waals surface area (Å²) in [6.07, 6.45) is 3.22. The maximum Gasteiger partial charge on any atom is 0.119 e. The van der Waals surface area contributed by atoms with Gasteiger partial charge in [-0.1, -0.05) is 23.4 Å². The van der Waals surface area contributed by atoms with Gasteiger partial charge in [-0.25, -0.2) is 4.68 Å². The molecular weight excluding hydrogens is 290 g/mol. The van der Waals surface area contributed by atoms with Gasteiger partial charge in [0, 0.05) is 17.3 Å². The monoisotopic (exact) mass is 307 g/mol. The lowest BCUT2D eigenvalue weighted by Crippen LogP contribution is -1.94. The number of hydrogen-bond acceptors (Lipinski definition) is 4. The standard InChI is InChI=1S/C18H17N3O2/c1-2-23-17-10-8-14(9-11-17)18-15(12-19-22)13-21(20-18)16-6-4-3-5-7-16/h3-13,22H,2H2,1H3. The Morgan fingerprint density at radius 2 is 1.87 bits per heavy atom. The highest BCUT2D eigenvalue weighted by molar-refractivity contribution is 5.88. The molecule has 0 unspecified atom stereocenters. The lowest BCUT2D eigenvalue weighted by molar-refractivity contribution is 0.322. The molecule has 23 heavy (non-hydrogen) atoms. The minimum Gasteiger partial charge on any atom is -0.494 e. The summed E-state index contributed by atoms with van der Waals surface area (Å²) < 4.78 is 7.22. The molecule has 3 aromatic rings. The zero-order valence-corrected chi connectivity index (χ0v) is 12.8. The summed E-state index contributed by atoms with van der Waals surface area (Å²) in [6, 6.07) is 17.5. The van der Waals surface area contributed by atoms with Gasteiger partial charge >= 0.3 is 0 Å². The topological polar surface area (TPSA) is 59.6 Å². The third kappa shape index (κ3) is 3.23. The summed E-state index contributed by atoms with van der Waals surface area (Å²) in [5.74, 6) is 0.816. The molecule has 5 heteroatoms. The van der Waals surface area contributed by atoms with Crippen molar-refractivity contribution in [3.63, 3.8) is 0 Å². The molecule has 0 amide bonds. The van der Waals surface area contributed by atoms with Crippen LogP contribution in [0.1, 0.15) is 12.5 Å². The van der Waals surface area contributed by atoms with E-state index < -0.39 is 0 Å². The summed E-state index contributed by atoms with van der Waals surface area (Å²) >= 11 is 0. The fourth-order valence-corrected chi connectivity index (χ4v) is 2.36. The van der Waals surface area contributed by atoms with Crippen molar-refractivity contribution >= 4 is 6.21 Å². The molecular formula is C18H17N3O2. The minimum absolute atomic E-state index is 0.629. The van der Waals surface area contributed by atoms with Crippen molar-refractivity contribution in [2.45, 2.75) is 6.92 Å². The first-order chi connectivity index (χ1) is 11.3. The highest BCUT2D eigenvalue weighted by Gasteiger charge is 2.11. The summed E-state index contributed by atoms with van der Waals surface area (Å²) in [4.78, 5) is 0. The van der Waals surface area contributed by atoms with Crippen LogP contribution in [0, 0.1) is 0 Å². The Kier molecular flexibility index (Phi) is 4.38. The molecule has 0 aliphatic rings. The van der Waals surface area contributed by atoms with E-state index in [0.29, 0.717) is 6.61 Å². The van der Waals surface area contributed by atoms with Gasteiger partial charge in [0.05, 0.1) is 18.5 Å². The quantitative estimate of drug-likeness (QED) is 0.444. The van der Waals surface area contributed by atoms with Crippen LogP contribution in [0.4, 0.5) is 0 Å². The van der Waals surface area contributed by atoms with Crippen molar-refractivity contribution in [3.05, 3.63) is 66.4 Å². The van der Waals surface area contributed by atoms with Crippen molar-refractivity contribution in [2.75, 3.05) is 6.61 Å². The van der Waals surface area contributed by atoms with E-state index in [1.807, 2.05) is 67.7 Å². The summed E-state index contributed by atoms with van der Waals surface area (Å²) in [7, 11) is 0. The van der Waals surface area contributed by atoms with Crippen molar-refractivity contribution in [1.29, 1.82) is 0 Å². The Labute approximate surface area is 134 Å². The average Bonchev–Trinajstić information content (AvgIpc) is 3.01. The average molecular weight is 307 g/mol. The molecule has 5 nitrogen and oxygen atoms in total. The van der Waals surface area contributed by atoms with Gasteiger partial charge in [-0.3, -0.25) is 0 Å². The van der Waals surface area contributed by atoms with Gasteiger partial charge in [0.15, 0.2) is 0 Å². The molecule has 1 heterocycles. The molecule has 0 saturated carbocycles. The predicted octanol–water partition coefficient (Wildman–Crippen LogP) is 3.75. The van der Waals surface area contributed by atoms with Crippen LogP contribution < -0.4 is 4.74 Å². The number of nitrogens with zero attached hydrogens (tertiary/aromatic N) is 3. The fraction of sp³-hybridized carbons (Fsp3) is 0.111. The molecule has 3 rings (SSSR count). The summed E-state index contributed by atoms with van der Waals surface area (Å²) in [6.45, 7) is 2.58. The highest BCUT2D eigenvalue weighted by atomic mass is 16.5. The SMILES string of the molecule is CCOc1ccc(-c2nn(-c3ccccc3)cc2C=NO)cc1. The number of rotatable bonds is 5. The first kappa shape index (κ1) is 14.8. The molecule has 0 saturated heterocycles. The van der Waals surface area contributed by atoms with Crippen LogP contribution in [0.2, 0.25) is 0 Å². The molecule has 0 atom stereocenters. The summed E-state index contributed by atoms with van der Waals surface area (Å²) in [5.41, 5.74) is 3.35. The van der Waals surface area contributed by atoms with Crippen molar-refractivity contribution < 1.29 is 9.94 Å². The molecule has 116 valence electrons. The minimum atomic E-state index is 0.629. The largest absolute Gasteiger partial charge is 0.494 e. The molecule has 0 spiro atoms. The Bertz CT molecular complexity index is 793. The molecule has 0 fully saturated rings.